The molecule has 5 nitrogen and oxygen atoms in total. The molecule has 1 aromatic carbocycles. The Bertz CT molecular complexity index is 462. The molecule has 0 bridgehead atoms. The highest BCUT2D eigenvalue weighted by Crippen LogP contribution is 2.29. The van der Waals surface area contributed by atoms with Gasteiger partial charge in [-0.15, -0.1) is 0 Å². The zero-order valence-corrected chi connectivity index (χ0v) is 12.9. The van der Waals surface area contributed by atoms with Gasteiger partial charge in [-0.25, -0.2) is 0 Å². The van der Waals surface area contributed by atoms with E-state index in [2.05, 4.69) is 5.32 Å². The minimum absolute atomic E-state index is 0.0204. The Morgan fingerprint density at radius 3 is 2.71 bits per heavy atom. The molecule has 2 unspecified atom stereocenters. The van der Waals surface area contributed by atoms with Crippen LogP contribution in [0.2, 0.25) is 0 Å². The maximum Gasteiger partial charge on any atom is 0.303 e. The molecule has 1 aromatic rings. The smallest absolute Gasteiger partial charge is 0.303 e. The minimum Gasteiger partial charge on any atom is -0.496 e. The second-order valence-electron chi connectivity index (χ2n) is 5.18. The number of ether oxygens (including phenoxy) is 1. The number of aliphatic carboxylic acids is 1. The molecule has 0 radical (unpaired) electrons. The quantitative estimate of drug-likeness (QED) is 0.651. The largest absolute Gasteiger partial charge is 0.496 e. The van der Waals surface area contributed by atoms with Crippen molar-refractivity contribution in [2.24, 2.45) is 0 Å². The van der Waals surface area contributed by atoms with Crippen molar-refractivity contribution in [1.29, 1.82) is 0 Å². The number of aliphatic hydroxyl groups is 1. The number of hydrogen-bond acceptors (Lipinski definition) is 4. The molecule has 0 amide bonds. The molecule has 3 N–H and O–H groups in total. The first kappa shape index (κ1) is 17.5. The zero-order valence-electron chi connectivity index (χ0n) is 12.9. The molecule has 0 heterocycles. The normalized spacial score (nSPS) is 13.7. The maximum atomic E-state index is 10.8. The van der Waals surface area contributed by atoms with E-state index in [1.807, 2.05) is 32.0 Å². The molecule has 1 rings (SSSR count). The summed E-state index contributed by atoms with van der Waals surface area (Å²) in [5.74, 6) is -0.242. The average Bonchev–Trinajstić information content (AvgIpc) is 2.46. The lowest BCUT2D eigenvalue weighted by Crippen LogP contribution is -2.36. The van der Waals surface area contributed by atoms with Crippen molar-refractivity contribution in [2.45, 2.75) is 45.3 Å². The van der Waals surface area contributed by atoms with Crippen LogP contribution in [0.4, 0.5) is 0 Å². The van der Waals surface area contributed by atoms with E-state index in [9.17, 15) is 9.90 Å². The molecule has 0 spiro atoms. The number of nitrogens with one attached hydrogen (secondary N) is 1. The Kier molecular flexibility index (Phi) is 7.19. The van der Waals surface area contributed by atoms with Crippen molar-refractivity contribution in [1.82, 2.24) is 5.32 Å². The molecule has 0 aliphatic carbocycles. The summed E-state index contributed by atoms with van der Waals surface area (Å²) in [7, 11) is 1.56. The van der Waals surface area contributed by atoms with E-state index >= 15 is 0 Å². The van der Waals surface area contributed by atoms with Gasteiger partial charge in [-0.3, -0.25) is 4.79 Å². The number of carboxylic acid groups (broad SMARTS) is 1. The molecule has 118 valence electrons. The Morgan fingerprint density at radius 2 is 2.14 bits per heavy atom. The van der Waals surface area contributed by atoms with Gasteiger partial charge in [0, 0.05) is 18.0 Å². The van der Waals surface area contributed by atoms with Crippen molar-refractivity contribution in [2.75, 3.05) is 13.7 Å². The van der Waals surface area contributed by atoms with Crippen molar-refractivity contribution >= 4 is 5.97 Å². The Hall–Kier alpha value is -1.59. The summed E-state index contributed by atoms with van der Waals surface area (Å²) in [6.45, 7) is 4.71. The van der Waals surface area contributed by atoms with Crippen molar-refractivity contribution in [3.05, 3.63) is 29.3 Å². The van der Waals surface area contributed by atoms with Gasteiger partial charge in [-0.05, 0) is 38.4 Å². The summed E-state index contributed by atoms with van der Waals surface area (Å²) < 4.78 is 5.30. The van der Waals surface area contributed by atoms with Crippen molar-refractivity contribution in [3.63, 3.8) is 0 Å². The average molecular weight is 295 g/mol. The van der Waals surface area contributed by atoms with Crippen LogP contribution in [-0.2, 0) is 4.79 Å². The van der Waals surface area contributed by atoms with Crippen LogP contribution in [-0.4, -0.2) is 35.9 Å². The maximum absolute atomic E-state index is 10.8. The van der Waals surface area contributed by atoms with E-state index in [0.717, 1.165) is 18.5 Å². The first-order valence-corrected chi connectivity index (χ1v) is 7.27. The van der Waals surface area contributed by atoms with Gasteiger partial charge in [-0.2, -0.15) is 0 Å². The fourth-order valence-corrected chi connectivity index (χ4v) is 2.28. The highest BCUT2D eigenvalue weighted by atomic mass is 16.5. The van der Waals surface area contributed by atoms with Gasteiger partial charge >= 0.3 is 5.97 Å². The number of hydrogen-bond donors (Lipinski definition) is 3. The molecular weight excluding hydrogens is 270 g/mol. The van der Waals surface area contributed by atoms with Crippen LogP contribution >= 0.6 is 0 Å². The summed E-state index contributed by atoms with van der Waals surface area (Å²) in [6.07, 6.45) is 0.507. The van der Waals surface area contributed by atoms with Crippen LogP contribution in [0.25, 0.3) is 0 Å². The zero-order chi connectivity index (χ0) is 15.8. The molecule has 2 atom stereocenters. The Morgan fingerprint density at radius 1 is 1.43 bits per heavy atom. The van der Waals surface area contributed by atoms with E-state index < -0.39 is 12.1 Å². The number of carboxylic acids is 1. The third-order valence-corrected chi connectivity index (χ3v) is 3.41. The van der Waals surface area contributed by atoms with Crippen molar-refractivity contribution < 1.29 is 19.7 Å². The predicted molar refractivity (Wildman–Crippen MR) is 81.6 cm³/mol. The van der Waals surface area contributed by atoms with Crippen molar-refractivity contribution in [3.8, 4) is 5.75 Å². The second kappa shape index (κ2) is 8.64. The number of aliphatic hydroxyl groups excluding tert-OH is 1. The van der Waals surface area contributed by atoms with Gasteiger partial charge in [0.15, 0.2) is 0 Å². The summed E-state index contributed by atoms with van der Waals surface area (Å²) in [5.41, 5.74) is 1.72. The first-order chi connectivity index (χ1) is 9.99. The molecule has 0 aliphatic heterocycles. The summed E-state index contributed by atoms with van der Waals surface area (Å²) >= 11 is 0. The van der Waals surface area contributed by atoms with Crippen LogP contribution in [0.5, 0.6) is 5.75 Å². The van der Waals surface area contributed by atoms with E-state index in [0.29, 0.717) is 17.7 Å². The number of methoxy groups -OCH3 is 1. The predicted octanol–water partition coefficient (Wildman–Crippen LogP) is 2.27. The highest BCUT2D eigenvalue weighted by Gasteiger charge is 2.24. The van der Waals surface area contributed by atoms with Crippen LogP contribution in [0.3, 0.4) is 0 Å². The number of carbonyl (C=O) groups is 1. The summed E-state index contributed by atoms with van der Waals surface area (Å²) in [6, 6.07) is 5.31. The molecule has 0 aromatic heterocycles. The van der Waals surface area contributed by atoms with Crippen LogP contribution in [0, 0.1) is 6.92 Å². The molecule has 0 aliphatic rings. The number of benzene rings is 1. The van der Waals surface area contributed by atoms with Crippen LogP contribution in [0.1, 0.15) is 43.4 Å². The summed E-state index contributed by atoms with van der Waals surface area (Å²) in [5, 5.41) is 22.7. The molecule has 5 heteroatoms. The van der Waals surface area contributed by atoms with Gasteiger partial charge in [0.1, 0.15) is 5.75 Å². The van der Waals surface area contributed by atoms with Gasteiger partial charge in [-0.1, -0.05) is 18.6 Å². The fourth-order valence-electron chi connectivity index (χ4n) is 2.28. The number of aryl methyl sites for hydroxylation is 1. The van der Waals surface area contributed by atoms with Gasteiger partial charge in [0.2, 0.25) is 0 Å². The van der Waals surface area contributed by atoms with Gasteiger partial charge < -0.3 is 20.3 Å². The molecule has 21 heavy (non-hydrogen) atoms. The van der Waals surface area contributed by atoms with Crippen LogP contribution in [0.15, 0.2) is 18.2 Å². The van der Waals surface area contributed by atoms with E-state index in [4.69, 9.17) is 9.84 Å². The first-order valence-electron chi connectivity index (χ1n) is 7.27. The van der Waals surface area contributed by atoms with Gasteiger partial charge in [0.25, 0.3) is 0 Å². The fraction of sp³-hybridized carbons (Fsp3) is 0.562. The van der Waals surface area contributed by atoms with Crippen LogP contribution < -0.4 is 10.1 Å². The third kappa shape index (κ3) is 5.36. The standard InChI is InChI=1S/C16H25NO4/c1-4-9-17-13(6-8-15(18)19)16(20)12-10-11(2)5-7-14(12)21-3/h5,7,10,13,16-17,20H,4,6,8-9H2,1-3H3,(H,18,19). The van der Waals surface area contributed by atoms with E-state index in [1.54, 1.807) is 7.11 Å². The molecule has 0 saturated heterocycles. The highest BCUT2D eigenvalue weighted by molar-refractivity contribution is 5.66. The molecular formula is C16H25NO4. The SMILES string of the molecule is CCCNC(CCC(=O)O)C(O)c1cc(C)ccc1OC. The lowest BCUT2D eigenvalue weighted by atomic mass is 9.96. The second-order valence-corrected chi connectivity index (χ2v) is 5.18. The monoisotopic (exact) mass is 295 g/mol. The van der Waals surface area contributed by atoms with Gasteiger partial charge in [0.05, 0.1) is 13.2 Å². The topological polar surface area (TPSA) is 78.8 Å². The Balaban J connectivity index is 2.94. The molecule has 0 fully saturated rings. The Labute approximate surface area is 125 Å². The third-order valence-electron chi connectivity index (χ3n) is 3.41. The minimum atomic E-state index is -0.860. The number of rotatable bonds is 9. The lowest BCUT2D eigenvalue weighted by molar-refractivity contribution is -0.137. The van der Waals surface area contributed by atoms with E-state index in [1.165, 1.54) is 0 Å². The van der Waals surface area contributed by atoms with E-state index in [-0.39, 0.29) is 12.5 Å². The summed E-state index contributed by atoms with van der Waals surface area (Å²) in [4.78, 5) is 10.8. The lowest BCUT2D eigenvalue weighted by Gasteiger charge is -2.25. The molecule has 0 saturated carbocycles.